The van der Waals surface area contributed by atoms with E-state index in [-0.39, 0.29) is 11.9 Å². The highest BCUT2D eigenvalue weighted by atomic mass is 16.5. The number of methoxy groups -OCH3 is 1. The Balaban J connectivity index is 1.61. The number of hydrogen-bond donors (Lipinski definition) is 0. The molecule has 1 aliphatic heterocycles. The zero-order valence-electron chi connectivity index (χ0n) is 12.1. The summed E-state index contributed by atoms with van der Waals surface area (Å²) < 4.78 is 8.53. The molecule has 0 radical (unpaired) electrons. The molecule has 0 aromatic carbocycles. The van der Waals surface area contributed by atoms with Gasteiger partial charge >= 0.3 is 0 Å². The van der Waals surface area contributed by atoms with E-state index < -0.39 is 0 Å². The maximum Gasteiger partial charge on any atom is 0.272 e. The van der Waals surface area contributed by atoms with Crippen molar-refractivity contribution in [2.45, 2.75) is 26.1 Å². The van der Waals surface area contributed by atoms with Gasteiger partial charge in [0.15, 0.2) is 0 Å². The Kier molecular flexibility index (Phi) is 3.70. The molecule has 1 amide bonds. The summed E-state index contributed by atoms with van der Waals surface area (Å²) in [5.41, 5.74) is 1.43. The number of nitrogens with zero attached hydrogens (tertiary/aromatic N) is 6. The van der Waals surface area contributed by atoms with Gasteiger partial charge in [-0.05, 0) is 13.0 Å². The smallest absolute Gasteiger partial charge is 0.272 e. The van der Waals surface area contributed by atoms with E-state index in [1.54, 1.807) is 33.6 Å². The molecule has 3 rings (SSSR count). The number of carbonyl (C=O) groups excluding carboxylic acids is 1. The van der Waals surface area contributed by atoms with Crippen molar-refractivity contribution in [1.82, 2.24) is 29.7 Å². The van der Waals surface area contributed by atoms with Crippen LogP contribution in [0.1, 0.15) is 29.1 Å². The zero-order chi connectivity index (χ0) is 14.8. The second kappa shape index (κ2) is 5.65. The second-order valence-corrected chi connectivity index (χ2v) is 5.02. The van der Waals surface area contributed by atoms with Crippen LogP contribution in [-0.2, 0) is 17.9 Å². The van der Waals surface area contributed by atoms with Crippen molar-refractivity contribution in [2.75, 3.05) is 20.2 Å². The molecule has 0 bridgehead atoms. The van der Waals surface area contributed by atoms with Crippen LogP contribution >= 0.6 is 0 Å². The quantitative estimate of drug-likeness (QED) is 0.793. The van der Waals surface area contributed by atoms with Crippen molar-refractivity contribution in [1.29, 1.82) is 0 Å². The molecule has 0 spiro atoms. The van der Waals surface area contributed by atoms with Gasteiger partial charge in [0.25, 0.3) is 5.91 Å². The Hall–Kier alpha value is -2.22. The van der Waals surface area contributed by atoms with Gasteiger partial charge in [0.1, 0.15) is 11.4 Å². The van der Waals surface area contributed by atoms with Crippen LogP contribution in [0.15, 0.2) is 18.5 Å². The van der Waals surface area contributed by atoms with Crippen molar-refractivity contribution < 1.29 is 9.53 Å². The number of likely N-dealkylation sites (tertiary alicyclic amines) is 1. The van der Waals surface area contributed by atoms with Crippen LogP contribution in [0.2, 0.25) is 0 Å². The highest BCUT2D eigenvalue weighted by Crippen LogP contribution is 2.22. The highest BCUT2D eigenvalue weighted by Gasteiger charge is 2.34. The predicted molar refractivity (Wildman–Crippen MR) is 73.6 cm³/mol. The predicted octanol–water partition coefficient (Wildman–Crippen LogP) is 0.338. The number of carbonyl (C=O) groups is 1. The molecule has 0 unspecified atom stereocenters. The van der Waals surface area contributed by atoms with E-state index >= 15 is 0 Å². The molecule has 1 saturated heterocycles. The van der Waals surface area contributed by atoms with Crippen LogP contribution in [0.3, 0.4) is 0 Å². The lowest BCUT2D eigenvalue weighted by atomic mass is 10.1. The van der Waals surface area contributed by atoms with E-state index in [0.717, 1.165) is 5.69 Å². The van der Waals surface area contributed by atoms with E-state index in [4.69, 9.17) is 4.74 Å². The average molecular weight is 290 g/mol. The molecule has 0 atom stereocenters. The number of amides is 1. The Morgan fingerprint density at radius 3 is 3.00 bits per heavy atom. The van der Waals surface area contributed by atoms with Crippen LogP contribution < -0.4 is 0 Å². The molecule has 8 heteroatoms. The summed E-state index contributed by atoms with van der Waals surface area (Å²) in [4.78, 5) is 14.1. The number of ether oxygens (including phenoxy) is 1. The van der Waals surface area contributed by atoms with Gasteiger partial charge in [-0.3, -0.25) is 9.48 Å². The van der Waals surface area contributed by atoms with Crippen molar-refractivity contribution in [3.05, 3.63) is 29.8 Å². The lowest BCUT2D eigenvalue weighted by Gasteiger charge is -2.38. The van der Waals surface area contributed by atoms with Crippen LogP contribution in [0, 0.1) is 0 Å². The van der Waals surface area contributed by atoms with E-state index in [1.165, 1.54) is 0 Å². The molecule has 21 heavy (non-hydrogen) atoms. The van der Waals surface area contributed by atoms with Gasteiger partial charge in [-0.15, -0.1) is 5.10 Å². The highest BCUT2D eigenvalue weighted by molar-refractivity contribution is 5.93. The first-order chi connectivity index (χ1) is 10.2. The van der Waals surface area contributed by atoms with Gasteiger partial charge < -0.3 is 9.64 Å². The van der Waals surface area contributed by atoms with Gasteiger partial charge in [0.05, 0.1) is 18.8 Å². The van der Waals surface area contributed by atoms with E-state index in [2.05, 4.69) is 15.4 Å². The summed E-state index contributed by atoms with van der Waals surface area (Å²) in [6, 6.07) is 1.94. The maximum absolute atomic E-state index is 12.4. The minimum atomic E-state index is 0.0165. The van der Waals surface area contributed by atoms with Crippen LogP contribution in [0.4, 0.5) is 0 Å². The number of rotatable bonds is 5. The fourth-order valence-electron chi connectivity index (χ4n) is 2.42. The lowest BCUT2D eigenvalue weighted by Crippen LogP contribution is -2.51. The molecule has 0 N–H and O–H groups in total. The summed E-state index contributed by atoms with van der Waals surface area (Å²) in [5.74, 6) is 0.0165. The lowest BCUT2D eigenvalue weighted by molar-refractivity contribution is 0.0486. The SMILES string of the molecule is CCn1nccc1C(=O)N1CC(n2cc(COC)nn2)C1. The molecule has 1 aliphatic rings. The van der Waals surface area contributed by atoms with E-state index in [0.29, 0.717) is 31.9 Å². The molecule has 3 heterocycles. The fraction of sp³-hybridized carbons (Fsp3) is 0.538. The Bertz CT molecular complexity index is 628. The Morgan fingerprint density at radius 2 is 2.29 bits per heavy atom. The molecule has 8 nitrogen and oxygen atoms in total. The van der Waals surface area contributed by atoms with E-state index in [9.17, 15) is 4.79 Å². The minimum absolute atomic E-state index is 0.0165. The minimum Gasteiger partial charge on any atom is -0.378 e. The fourth-order valence-corrected chi connectivity index (χ4v) is 2.42. The molecule has 1 fully saturated rings. The first kappa shape index (κ1) is 13.7. The second-order valence-electron chi connectivity index (χ2n) is 5.02. The number of hydrogen-bond acceptors (Lipinski definition) is 5. The molecular formula is C13H18N6O2. The summed E-state index contributed by atoms with van der Waals surface area (Å²) in [5, 5.41) is 12.2. The third kappa shape index (κ3) is 2.54. The van der Waals surface area contributed by atoms with Gasteiger partial charge in [0, 0.05) is 32.9 Å². The molecule has 0 saturated carbocycles. The Morgan fingerprint density at radius 1 is 1.48 bits per heavy atom. The average Bonchev–Trinajstić information content (AvgIpc) is 3.06. The number of aromatic nitrogens is 5. The van der Waals surface area contributed by atoms with Gasteiger partial charge in [-0.1, -0.05) is 5.21 Å². The molecule has 0 aliphatic carbocycles. The third-order valence-electron chi connectivity index (χ3n) is 3.61. The first-order valence-corrected chi connectivity index (χ1v) is 6.93. The summed E-state index contributed by atoms with van der Waals surface area (Å²) in [6.45, 7) is 4.39. The van der Waals surface area contributed by atoms with Crippen molar-refractivity contribution >= 4 is 5.91 Å². The van der Waals surface area contributed by atoms with Crippen molar-refractivity contribution in [3.8, 4) is 0 Å². The molecule has 2 aromatic heterocycles. The standard InChI is InChI=1S/C13H18N6O2/c1-3-18-12(4-5-14-18)13(20)17-7-11(8-17)19-6-10(9-21-2)15-16-19/h4-6,11H,3,7-9H2,1-2H3. The molecule has 112 valence electrons. The van der Waals surface area contributed by atoms with Gasteiger partial charge in [-0.2, -0.15) is 5.10 Å². The summed E-state index contributed by atoms with van der Waals surface area (Å²) >= 11 is 0. The van der Waals surface area contributed by atoms with Crippen LogP contribution in [0.5, 0.6) is 0 Å². The summed E-state index contributed by atoms with van der Waals surface area (Å²) in [6.07, 6.45) is 3.52. The first-order valence-electron chi connectivity index (χ1n) is 6.93. The summed E-state index contributed by atoms with van der Waals surface area (Å²) in [7, 11) is 1.62. The zero-order valence-corrected chi connectivity index (χ0v) is 12.1. The third-order valence-corrected chi connectivity index (χ3v) is 3.61. The van der Waals surface area contributed by atoms with Gasteiger partial charge in [0.2, 0.25) is 0 Å². The molecular weight excluding hydrogens is 272 g/mol. The normalized spacial score (nSPS) is 15.2. The van der Waals surface area contributed by atoms with Gasteiger partial charge in [-0.25, -0.2) is 4.68 Å². The van der Waals surface area contributed by atoms with Crippen LogP contribution in [-0.4, -0.2) is 55.8 Å². The van der Waals surface area contributed by atoms with Crippen molar-refractivity contribution in [3.63, 3.8) is 0 Å². The largest absolute Gasteiger partial charge is 0.378 e. The topological polar surface area (TPSA) is 78.1 Å². The molecule has 2 aromatic rings. The Labute approximate surface area is 122 Å². The number of aryl methyl sites for hydroxylation is 1. The monoisotopic (exact) mass is 290 g/mol. The van der Waals surface area contributed by atoms with Crippen LogP contribution in [0.25, 0.3) is 0 Å². The van der Waals surface area contributed by atoms with Crippen molar-refractivity contribution in [2.24, 2.45) is 0 Å². The maximum atomic E-state index is 12.4. The van der Waals surface area contributed by atoms with E-state index in [1.807, 2.05) is 13.1 Å².